The van der Waals surface area contributed by atoms with Gasteiger partial charge in [-0.3, -0.25) is 9.89 Å². The average Bonchev–Trinajstić information content (AvgIpc) is 2.81. The topological polar surface area (TPSA) is 57.8 Å². The smallest absolute Gasteiger partial charge is 0.222 e. The van der Waals surface area contributed by atoms with Crippen molar-refractivity contribution in [3.05, 3.63) is 48.0 Å². The first-order valence-corrected chi connectivity index (χ1v) is 6.46. The van der Waals surface area contributed by atoms with Crippen LogP contribution in [0.4, 0.5) is 5.82 Å². The molecule has 3 aromatic rings. The van der Waals surface area contributed by atoms with Gasteiger partial charge in [0.1, 0.15) is 0 Å². The number of carbonyl (C=O) groups is 1. The number of carbonyl (C=O) groups excluding carboxylic acids is 1. The summed E-state index contributed by atoms with van der Waals surface area (Å²) in [5, 5.41) is 10.7. The quantitative estimate of drug-likeness (QED) is 0.745. The van der Waals surface area contributed by atoms with Crippen molar-refractivity contribution in [2.75, 3.05) is 5.32 Å². The fourth-order valence-electron chi connectivity index (χ4n) is 2.21. The number of hydrogen-bond acceptors (Lipinski definition) is 2. The molecule has 2 N–H and O–H groups in total. The lowest BCUT2D eigenvalue weighted by Crippen LogP contribution is -2.06. The summed E-state index contributed by atoms with van der Waals surface area (Å²) in [7, 11) is 0. The van der Waals surface area contributed by atoms with Crippen LogP contribution in [0.1, 0.15) is 12.5 Å². The highest BCUT2D eigenvalue weighted by Gasteiger charge is 2.08. The number of rotatable bonds is 2. The van der Waals surface area contributed by atoms with Crippen molar-refractivity contribution in [3.63, 3.8) is 0 Å². The standard InChI is InChI=1S/C16H15N3O/c1-10-3-5-12(6-4-10)13-7-8-14-15(9-13)18-19-16(14)17-11(2)20/h3-9H,1-2H3,(H2,17,18,19,20). The zero-order valence-corrected chi connectivity index (χ0v) is 11.4. The second-order valence-electron chi connectivity index (χ2n) is 4.88. The number of aromatic nitrogens is 2. The van der Waals surface area contributed by atoms with Crippen LogP contribution in [-0.2, 0) is 4.79 Å². The number of hydrogen-bond donors (Lipinski definition) is 2. The van der Waals surface area contributed by atoms with E-state index in [1.807, 2.05) is 18.2 Å². The van der Waals surface area contributed by atoms with E-state index in [9.17, 15) is 4.79 Å². The number of aromatic amines is 1. The predicted octanol–water partition coefficient (Wildman–Crippen LogP) is 3.50. The van der Waals surface area contributed by atoms with Gasteiger partial charge in [0.2, 0.25) is 5.91 Å². The van der Waals surface area contributed by atoms with Gasteiger partial charge in [0.05, 0.1) is 5.52 Å². The van der Waals surface area contributed by atoms with E-state index in [1.165, 1.54) is 12.5 Å². The van der Waals surface area contributed by atoms with Crippen molar-refractivity contribution in [1.29, 1.82) is 0 Å². The monoisotopic (exact) mass is 265 g/mol. The van der Waals surface area contributed by atoms with E-state index in [-0.39, 0.29) is 5.91 Å². The van der Waals surface area contributed by atoms with Crippen molar-refractivity contribution < 1.29 is 4.79 Å². The van der Waals surface area contributed by atoms with Gasteiger partial charge in [-0.1, -0.05) is 35.9 Å². The first-order chi connectivity index (χ1) is 9.63. The maximum absolute atomic E-state index is 11.1. The van der Waals surface area contributed by atoms with Crippen LogP contribution in [0, 0.1) is 6.92 Å². The lowest BCUT2D eigenvalue weighted by Gasteiger charge is -2.03. The summed E-state index contributed by atoms with van der Waals surface area (Å²) < 4.78 is 0. The van der Waals surface area contributed by atoms with Crippen LogP contribution in [0.2, 0.25) is 0 Å². The highest BCUT2D eigenvalue weighted by molar-refractivity contribution is 5.99. The van der Waals surface area contributed by atoms with Gasteiger partial charge < -0.3 is 5.32 Å². The number of fused-ring (bicyclic) bond motifs is 1. The highest BCUT2D eigenvalue weighted by Crippen LogP contribution is 2.27. The molecule has 0 aliphatic rings. The number of nitrogens with zero attached hydrogens (tertiary/aromatic N) is 1. The third-order valence-electron chi connectivity index (χ3n) is 3.24. The molecule has 0 bridgehead atoms. The van der Waals surface area contributed by atoms with E-state index in [1.54, 1.807) is 0 Å². The number of H-pyrrole nitrogens is 1. The van der Waals surface area contributed by atoms with Crippen molar-refractivity contribution >= 4 is 22.6 Å². The van der Waals surface area contributed by atoms with Gasteiger partial charge in [-0.15, -0.1) is 0 Å². The molecule has 1 aromatic heterocycles. The van der Waals surface area contributed by atoms with Gasteiger partial charge in [-0.25, -0.2) is 0 Å². The number of aryl methyl sites for hydroxylation is 1. The molecule has 0 radical (unpaired) electrons. The maximum atomic E-state index is 11.1. The summed E-state index contributed by atoms with van der Waals surface area (Å²) in [4.78, 5) is 11.1. The molecular formula is C16H15N3O. The fourth-order valence-corrected chi connectivity index (χ4v) is 2.21. The molecule has 0 saturated carbocycles. The summed E-state index contributed by atoms with van der Waals surface area (Å²) in [5.41, 5.74) is 4.43. The first kappa shape index (κ1) is 12.4. The third-order valence-corrected chi connectivity index (χ3v) is 3.24. The Morgan fingerprint density at radius 1 is 1.10 bits per heavy atom. The summed E-state index contributed by atoms with van der Waals surface area (Å²) in [6.45, 7) is 3.54. The maximum Gasteiger partial charge on any atom is 0.222 e. The second kappa shape index (κ2) is 4.81. The van der Waals surface area contributed by atoms with Gasteiger partial charge in [0.25, 0.3) is 0 Å². The van der Waals surface area contributed by atoms with Gasteiger partial charge >= 0.3 is 0 Å². The molecule has 1 amide bonds. The summed E-state index contributed by atoms with van der Waals surface area (Å²) >= 11 is 0. The van der Waals surface area contributed by atoms with E-state index >= 15 is 0 Å². The van der Waals surface area contributed by atoms with Crippen LogP contribution < -0.4 is 5.32 Å². The molecule has 1 heterocycles. The number of amides is 1. The number of benzene rings is 2. The van der Waals surface area contributed by atoms with E-state index in [2.05, 4.69) is 46.7 Å². The molecule has 4 heteroatoms. The minimum atomic E-state index is -0.124. The van der Waals surface area contributed by atoms with Crippen molar-refractivity contribution in [1.82, 2.24) is 10.2 Å². The molecule has 100 valence electrons. The first-order valence-electron chi connectivity index (χ1n) is 6.46. The van der Waals surface area contributed by atoms with Crippen LogP contribution in [0.15, 0.2) is 42.5 Å². The normalized spacial score (nSPS) is 10.7. The zero-order chi connectivity index (χ0) is 14.1. The third kappa shape index (κ3) is 2.28. The van der Waals surface area contributed by atoms with E-state index < -0.39 is 0 Å². The summed E-state index contributed by atoms with van der Waals surface area (Å²) in [6.07, 6.45) is 0. The van der Waals surface area contributed by atoms with E-state index in [0.29, 0.717) is 5.82 Å². The zero-order valence-electron chi connectivity index (χ0n) is 11.4. The molecule has 0 aliphatic heterocycles. The minimum Gasteiger partial charge on any atom is -0.309 e. The van der Waals surface area contributed by atoms with Crippen LogP contribution in [0.3, 0.4) is 0 Å². The molecule has 20 heavy (non-hydrogen) atoms. The van der Waals surface area contributed by atoms with Gasteiger partial charge in [0, 0.05) is 12.3 Å². The molecule has 3 rings (SSSR count). The van der Waals surface area contributed by atoms with Crippen LogP contribution in [0.25, 0.3) is 22.0 Å². The molecule has 0 aliphatic carbocycles. The molecule has 4 nitrogen and oxygen atoms in total. The Hall–Kier alpha value is -2.62. The Morgan fingerprint density at radius 2 is 1.80 bits per heavy atom. The molecular weight excluding hydrogens is 250 g/mol. The molecule has 0 spiro atoms. The average molecular weight is 265 g/mol. The second-order valence-corrected chi connectivity index (χ2v) is 4.88. The Bertz CT molecular complexity index is 772. The molecule has 0 unspecified atom stereocenters. The van der Waals surface area contributed by atoms with Crippen molar-refractivity contribution in [2.45, 2.75) is 13.8 Å². The lowest BCUT2D eigenvalue weighted by molar-refractivity contribution is -0.114. The van der Waals surface area contributed by atoms with Crippen LogP contribution in [-0.4, -0.2) is 16.1 Å². The number of nitrogens with one attached hydrogen (secondary N) is 2. The van der Waals surface area contributed by atoms with Crippen LogP contribution >= 0.6 is 0 Å². The lowest BCUT2D eigenvalue weighted by atomic mass is 10.0. The SMILES string of the molecule is CC(=O)Nc1n[nH]c2cc(-c3ccc(C)cc3)ccc12. The Labute approximate surface area is 116 Å². The Kier molecular flexibility index (Phi) is 2.99. The molecule has 0 saturated heterocycles. The summed E-state index contributed by atoms with van der Waals surface area (Å²) in [5.74, 6) is 0.448. The highest BCUT2D eigenvalue weighted by atomic mass is 16.1. The molecule has 0 fully saturated rings. The Balaban J connectivity index is 2.03. The molecule has 2 aromatic carbocycles. The largest absolute Gasteiger partial charge is 0.309 e. The van der Waals surface area contributed by atoms with E-state index in [4.69, 9.17) is 0 Å². The van der Waals surface area contributed by atoms with Crippen molar-refractivity contribution in [3.8, 4) is 11.1 Å². The molecule has 0 atom stereocenters. The number of anilines is 1. The fraction of sp³-hybridized carbons (Fsp3) is 0.125. The van der Waals surface area contributed by atoms with E-state index in [0.717, 1.165) is 22.0 Å². The van der Waals surface area contributed by atoms with Gasteiger partial charge in [-0.05, 0) is 30.2 Å². The summed E-state index contributed by atoms with van der Waals surface area (Å²) in [6, 6.07) is 14.4. The van der Waals surface area contributed by atoms with Crippen LogP contribution in [0.5, 0.6) is 0 Å². The predicted molar refractivity (Wildman–Crippen MR) is 80.6 cm³/mol. The van der Waals surface area contributed by atoms with Gasteiger partial charge in [-0.2, -0.15) is 5.10 Å². The van der Waals surface area contributed by atoms with Gasteiger partial charge in [0.15, 0.2) is 5.82 Å². The minimum absolute atomic E-state index is 0.124. The van der Waals surface area contributed by atoms with Crippen molar-refractivity contribution in [2.24, 2.45) is 0 Å². The Morgan fingerprint density at radius 3 is 2.50 bits per heavy atom.